The van der Waals surface area contributed by atoms with Crippen LogP contribution in [0.25, 0.3) is 11.1 Å². The van der Waals surface area contributed by atoms with Crippen LogP contribution in [0.3, 0.4) is 0 Å². The van der Waals surface area contributed by atoms with E-state index in [-0.39, 0.29) is 11.7 Å². The maximum atomic E-state index is 12.8. The fourth-order valence-corrected chi connectivity index (χ4v) is 2.53. The summed E-state index contributed by atoms with van der Waals surface area (Å²) in [5.74, 6) is -0.807. The molecule has 0 aliphatic rings. The van der Waals surface area contributed by atoms with Gasteiger partial charge in [-0.25, -0.2) is 9.18 Å². The minimum atomic E-state index is -0.437. The molecule has 0 radical (unpaired) electrons. The molecule has 0 fully saturated rings. The van der Waals surface area contributed by atoms with Gasteiger partial charge in [0.15, 0.2) is 5.58 Å². The zero-order valence-electron chi connectivity index (χ0n) is 13.2. The number of nitrogens with one attached hydrogen (secondary N) is 1. The molecule has 0 atom stereocenters. The van der Waals surface area contributed by atoms with Gasteiger partial charge >= 0.3 is 5.76 Å². The monoisotopic (exact) mass is 328 g/mol. The lowest BCUT2D eigenvalue weighted by Crippen LogP contribution is -2.12. The van der Waals surface area contributed by atoms with Gasteiger partial charge in [0.05, 0.1) is 5.52 Å². The van der Waals surface area contributed by atoms with Gasteiger partial charge in [0.1, 0.15) is 5.82 Å². The molecule has 2 aromatic carbocycles. The highest BCUT2D eigenvalue weighted by Gasteiger charge is 2.08. The van der Waals surface area contributed by atoms with Crippen molar-refractivity contribution in [2.45, 2.75) is 19.3 Å². The Morgan fingerprint density at radius 3 is 2.71 bits per heavy atom. The molecule has 0 saturated heterocycles. The van der Waals surface area contributed by atoms with E-state index in [2.05, 4.69) is 5.32 Å². The summed E-state index contributed by atoms with van der Waals surface area (Å²) < 4.78 is 19.3. The highest BCUT2D eigenvalue weighted by atomic mass is 19.1. The Balaban J connectivity index is 1.57. The molecule has 3 aromatic rings. The van der Waals surface area contributed by atoms with E-state index in [0.29, 0.717) is 36.0 Å². The van der Waals surface area contributed by atoms with Gasteiger partial charge in [0.25, 0.3) is 0 Å². The van der Waals surface area contributed by atoms with Gasteiger partial charge in [0.2, 0.25) is 5.91 Å². The van der Waals surface area contributed by atoms with E-state index in [1.807, 2.05) is 0 Å². The van der Waals surface area contributed by atoms with E-state index >= 15 is 0 Å². The molecule has 0 saturated carbocycles. The fraction of sp³-hybridized carbons (Fsp3) is 0.222. The van der Waals surface area contributed by atoms with Crippen LogP contribution < -0.4 is 11.1 Å². The second kappa shape index (κ2) is 6.70. The Hall–Kier alpha value is -2.89. The largest absolute Gasteiger partial charge is 0.419 e. The molecule has 0 aliphatic carbocycles. The maximum absolute atomic E-state index is 12.8. The molecule has 1 aromatic heterocycles. The molecule has 0 spiro atoms. The Morgan fingerprint density at radius 2 is 1.96 bits per heavy atom. The van der Waals surface area contributed by atoms with Crippen LogP contribution in [0.1, 0.15) is 18.4 Å². The van der Waals surface area contributed by atoms with Gasteiger partial charge in [-0.05, 0) is 48.7 Å². The van der Waals surface area contributed by atoms with Gasteiger partial charge in [-0.3, -0.25) is 9.36 Å². The van der Waals surface area contributed by atoms with Crippen molar-refractivity contribution in [1.82, 2.24) is 4.57 Å². The SMILES string of the molecule is Cn1c(=O)oc2ccc(NC(=O)CCCc3ccc(F)cc3)cc21. The number of carbonyl (C=O) groups excluding carboxylic acids is 1. The summed E-state index contributed by atoms with van der Waals surface area (Å²) in [6, 6.07) is 11.3. The van der Waals surface area contributed by atoms with Crippen molar-refractivity contribution >= 4 is 22.7 Å². The van der Waals surface area contributed by atoms with E-state index in [1.54, 1.807) is 37.4 Å². The quantitative estimate of drug-likeness (QED) is 0.782. The number of aryl methyl sites for hydroxylation is 2. The second-order valence-electron chi connectivity index (χ2n) is 5.64. The Morgan fingerprint density at radius 1 is 1.21 bits per heavy atom. The molecule has 1 N–H and O–H groups in total. The average molecular weight is 328 g/mol. The summed E-state index contributed by atoms with van der Waals surface area (Å²) in [7, 11) is 1.61. The lowest BCUT2D eigenvalue weighted by Gasteiger charge is -2.06. The first-order valence-corrected chi connectivity index (χ1v) is 7.67. The molecule has 0 aliphatic heterocycles. The highest BCUT2D eigenvalue weighted by Crippen LogP contribution is 2.18. The van der Waals surface area contributed by atoms with Gasteiger partial charge in [-0.15, -0.1) is 0 Å². The van der Waals surface area contributed by atoms with Crippen molar-refractivity contribution in [1.29, 1.82) is 0 Å². The molecule has 1 heterocycles. The lowest BCUT2D eigenvalue weighted by atomic mass is 10.1. The number of aromatic nitrogens is 1. The van der Waals surface area contributed by atoms with Crippen LogP contribution >= 0.6 is 0 Å². The lowest BCUT2D eigenvalue weighted by molar-refractivity contribution is -0.116. The van der Waals surface area contributed by atoms with Crippen LogP contribution in [0.2, 0.25) is 0 Å². The van der Waals surface area contributed by atoms with E-state index in [9.17, 15) is 14.0 Å². The minimum Gasteiger partial charge on any atom is -0.408 e. The number of hydrogen-bond donors (Lipinski definition) is 1. The van der Waals surface area contributed by atoms with Crippen LogP contribution in [0.4, 0.5) is 10.1 Å². The first-order chi connectivity index (χ1) is 11.5. The number of fused-ring (bicyclic) bond motifs is 1. The van der Waals surface area contributed by atoms with Crippen LogP contribution in [-0.4, -0.2) is 10.5 Å². The molecule has 5 nitrogen and oxygen atoms in total. The van der Waals surface area contributed by atoms with Crippen LogP contribution in [0.5, 0.6) is 0 Å². The third kappa shape index (κ3) is 3.53. The number of benzene rings is 2. The molecule has 6 heteroatoms. The van der Waals surface area contributed by atoms with Crippen LogP contribution in [-0.2, 0) is 18.3 Å². The molecular weight excluding hydrogens is 311 g/mol. The van der Waals surface area contributed by atoms with Crippen LogP contribution in [0, 0.1) is 5.82 Å². The van der Waals surface area contributed by atoms with E-state index in [0.717, 1.165) is 5.56 Å². The van der Waals surface area contributed by atoms with Crippen molar-refractivity contribution < 1.29 is 13.6 Å². The number of nitrogens with zero attached hydrogens (tertiary/aromatic N) is 1. The number of halogens is 1. The number of hydrogen-bond acceptors (Lipinski definition) is 3. The number of oxazole rings is 1. The molecule has 0 unspecified atom stereocenters. The van der Waals surface area contributed by atoms with Crippen molar-refractivity contribution in [2.24, 2.45) is 7.05 Å². The number of anilines is 1. The Kier molecular flexibility index (Phi) is 4.46. The van der Waals surface area contributed by atoms with Crippen LogP contribution in [0.15, 0.2) is 51.7 Å². The number of carbonyl (C=O) groups is 1. The fourth-order valence-electron chi connectivity index (χ4n) is 2.53. The highest BCUT2D eigenvalue weighted by molar-refractivity contribution is 5.92. The summed E-state index contributed by atoms with van der Waals surface area (Å²) in [4.78, 5) is 23.5. The maximum Gasteiger partial charge on any atom is 0.419 e. The summed E-state index contributed by atoms with van der Waals surface area (Å²) in [6.07, 6.45) is 1.74. The second-order valence-corrected chi connectivity index (χ2v) is 5.64. The van der Waals surface area contributed by atoms with Crippen molar-refractivity contribution in [2.75, 3.05) is 5.32 Å². The minimum absolute atomic E-state index is 0.107. The van der Waals surface area contributed by atoms with Crippen molar-refractivity contribution in [3.8, 4) is 0 Å². The van der Waals surface area contributed by atoms with Crippen molar-refractivity contribution in [3.05, 3.63) is 64.4 Å². The molecule has 1 amide bonds. The Labute approximate surface area is 137 Å². The first-order valence-electron chi connectivity index (χ1n) is 7.67. The molecule has 0 bridgehead atoms. The molecule has 24 heavy (non-hydrogen) atoms. The van der Waals surface area contributed by atoms with Crippen molar-refractivity contribution in [3.63, 3.8) is 0 Å². The molecular formula is C18H17FN2O3. The predicted molar refractivity (Wildman–Crippen MR) is 89.4 cm³/mol. The average Bonchev–Trinajstić information content (AvgIpc) is 2.84. The summed E-state index contributed by atoms with van der Waals surface area (Å²) >= 11 is 0. The number of rotatable bonds is 5. The predicted octanol–water partition coefficient (Wildman–Crippen LogP) is 3.23. The third-order valence-electron chi connectivity index (χ3n) is 3.86. The molecule has 3 rings (SSSR count). The van der Waals surface area contributed by atoms with Gasteiger partial charge < -0.3 is 9.73 Å². The summed E-state index contributed by atoms with van der Waals surface area (Å²) in [5, 5.41) is 2.81. The van der Waals surface area contributed by atoms with Gasteiger partial charge in [0, 0.05) is 19.2 Å². The van der Waals surface area contributed by atoms with Gasteiger partial charge in [-0.1, -0.05) is 12.1 Å². The van der Waals surface area contributed by atoms with E-state index < -0.39 is 5.76 Å². The normalized spacial score (nSPS) is 10.9. The zero-order valence-corrected chi connectivity index (χ0v) is 13.2. The van der Waals surface area contributed by atoms with Gasteiger partial charge in [-0.2, -0.15) is 0 Å². The smallest absolute Gasteiger partial charge is 0.408 e. The zero-order chi connectivity index (χ0) is 17.1. The van der Waals surface area contributed by atoms with E-state index in [4.69, 9.17) is 4.42 Å². The number of amides is 1. The Bertz CT molecular complexity index is 926. The first kappa shape index (κ1) is 16.0. The summed E-state index contributed by atoms with van der Waals surface area (Å²) in [6.45, 7) is 0. The topological polar surface area (TPSA) is 64.2 Å². The third-order valence-corrected chi connectivity index (χ3v) is 3.86. The summed E-state index contributed by atoms with van der Waals surface area (Å²) in [5.41, 5.74) is 2.73. The molecule has 124 valence electrons. The van der Waals surface area contributed by atoms with E-state index in [1.165, 1.54) is 16.7 Å². The standard InChI is InChI=1S/C18H17FN2O3/c1-21-15-11-14(9-10-16(15)24-18(21)23)20-17(22)4-2-3-12-5-7-13(19)8-6-12/h5-11H,2-4H2,1H3,(H,20,22).